The van der Waals surface area contributed by atoms with Gasteiger partial charge in [-0.2, -0.15) is 5.10 Å². The Labute approximate surface area is 189 Å². The van der Waals surface area contributed by atoms with Crippen molar-refractivity contribution in [2.75, 3.05) is 6.54 Å². The van der Waals surface area contributed by atoms with Gasteiger partial charge in [0.15, 0.2) is 0 Å². The van der Waals surface area contributed by atoms with Crippen LogP contribution in [0.4, 0.5) is 0 Å². The molecule has 0 spiro atoms. The highest BCUT2D eigenvalue weighted by molar-refractivity contribution is 6.31. The number of nitrogens with one attached hydrogen (secondary N) is 2. The Morgan fingerprint density at radius 1 is 1.00 bits per heavy atom. The fraction of sp³-hybridized carbons (Fsp3) is 0.375. The van der Waals surface area contributed by atoms with Crippen LogP contribution in [0.1, 0.15) is 56.6 Å². The molecule has 7 heteroatoms. The van der Waals surface area contributed by atoms with Crippen LogP contribution in [-0.2, 0) is 16.2 Å². The molecule has 31 heavy (non-hydrogen) atoms. The highest BCUT2D eigenvalue weighted by Gasteiger charge is 2.05. The summed E-state index contributed by atoms with van der Waals surface area (Å²) in [5.74, 6) is 0.506. The molecule has 0 aliphatic heterocycles. The van der Waals surface area contributed by atoms with Crippen molar-refractivity contribution >= 4 is 29.6 Å². The topological polar surface area (TPSA) is 79.8 Å². The molecule has 2 N–H and O–H groups in total. The number of hydrazone groups is 1. The SMILES string of the molecule is CCCCNC(=O)CCCCC(=O)NN=Cc1ccccc1OCc1ccccc1Cl. The minimum atomic E-state index is -0.183. The number of carbonyl (C=O) groups excluding carboxylic acids is 2. The predicted molar refractivity (Wildman–Crippen MR) is 124 cm³/mol. The Bertz CT molecular complexity index is 871. The lowest BCUT2D eigenvalue weighted by Crippen LogP contribution is -2.24. The zero-order valence-corrected chi connectivity index (χ0v) is 18.7. The molecule has 0 saturated heterocycles. The third-order valence-electron chi connectivity index (χ3n) is 4.56. The van der Waals surface area contributed by atoms with E-state index in [1.807, 2.05) is 48.5 Å². The minimum absolute atomic E-state index is 0.0419. The van der Waals surface area contributed by atoms with Crippen molar-refractivity contribution in [3.8, 4) is 5.75 Å². The summed E-state index contributed by atoms with van der Waals surface area (Å²) in [5.41, 5.74) is 4.17. The van der Waals surface area contributed by atoms with Crippen molar-refractivity contribution in [3.63, 3.8) is 0 Å². The zero-order valence-electron chi connectivity index (χ0n) is 17.9. The van der Waals surface area contributed by atoms with Gasteiger partial charge < -0.3 is 10.1 Å². The van der Waals surface area contributed by atoms with Gasteiger partial charge >= 0.3 is 0 Å². The summed E-state index contributed by atoms with van der Waals surface area (Å²) in [6, 6.07) is 15.0. The van der Waals surface area contributed by atoms with Crippen molar-refractivity contribution < 1.29 is 14.3 Å². The molecule has 0 fully saturated rings. The van der Waals surface area contributed by atoms with Gasteiger partial charge in [0, 0.05) is 35.5 Å². The average Bonchev–Trinajstić information content (AvgIpc) is 2.77. The summed E-state index contributed by atoms with van der Waals surface area (Å²) in [7, 11) is 0. The Balaban J connectivity index is 1.73. The molecular weight excluding hydrogens is 414 g/mol. The molecule has 2 amide bonds. The molecule has 0 radical (unpaired) electrons. The van der Waals surface area contributed by atoms with Crippen LogP contribution in [0.3, 0.4) is 0 Å². The summed E-state index contributed by atoms with van der Waals surface area (Å²) in [6.07, 6.45) is 5.68. The van der Waals surface area contributed by atoms with Crippen molar-refractivity contribution in [3.05, 3.63) is 64.7 Å². The maximum Gasteiger partial charge on any atom is 0.240 e. The van der Waals surface area contributed by atoms with Gasteiger partial charge in [0.1, 0.15) is 12.4 Å². The van der Waals surface area contributed by atoms with E-state index in [1.165, 1.54) is 0 Å². The van der Waals surface area contributed by atoms with Crippen molar-refractivity contribution in [1.82, 2.24) is 10.7 Å². The highest BCUT2D eigenvalue weighted by atomic mass is 35.5. The van der Waals surface area contributed by atoms with Gasteiger partial charge in [-0.05, 0) is 37.5 Å². The normalized spacial score (nSPS) is 10.8. The lowest BCUT2D eigenvalue weighted by Gasteiger charge is -2.10. The van der Waals surface area contributed by atoms with E-state index >= 15 is 0 Å². The number of carbonyl (C=O) groups is 2. The van der Waals surface area contributed by atoms with E-state index in [9.17, 15) is 9.59 Å². The Morgan fingerprint density at radius 3 is 2.48 bits per heavy atom. The predicted octanol–water partition coefficient (Wildman–Crippen LogP) is 4.85. The van der Waals surface area contributed by atoms with Crippen LogP contribution in [-0.4, -0.2) is 24.6 Å². The molecule has 2 aromatic carbocycles. The van der Waals surface area contributed by atoms with Gasteiger partial charge in [0.2, 0.25) is 11.8 Å². The second kappa shape index (κ2) is 14.2. The van der Waals surface area contributed by atoms with Crippen molar-refractivity contribution in [2.24, 2.45) is 5.10 Å². The van der Waals surface area contributed by atoms with Gasteiger partial charge in [-0.25, -0.2) is 5.43 Å². The molecule has 0 aliphatic carbocycles. The van der Waals surface area contributed by atoms with E-state index in [0.29, 0.717) is 49.6 Å². The second-order valence-electron chi connectivity index (χ2n) is 7.12. The number of rotatable bonds is 13. The molecule has 0 saturated carbocycles. The molecule has 0 unspecified atom stereocenters. The molecule has 166 valence electrons. The Hall–Kier alpha value is -2.86. The third-order valence-corrected chi connectivity index (χ3v) is 4.93. The number of hydrogen-bond acceptors (Lipinski definition) is 4. The maximum atomic E-state index is 12.0. The molecule has 0 aromatic heterocycles. The summed E-state index contributed by atoms with van der Waals surface area (Å²) in [5, 5.41) is 7.55. The number of hydrogen-bond donors (Lipinski definition) is 2. The van der Waals surface area contributed by atoms with Crippen LogP contribution in [0.25, 0.3) is 0 Å². The number of para-hydroxylation sites is 1. The summed E-state index contributed by atoms with van der Waals surface area (Å²) in [6.45, 7) is 3.14. The number of unbranched alkanes of at least 4 members (excludes halogenated alkanes) is 2. The number of amides is 2. The third kappa shape index (κ3) is 9.66. The number of benzene rings is 2. The molecule has 0 aliphatic rings. The van der Waals surface area contributed by atoms with E-state index in [0.717, 1.165) is 24.0 Å². The molecule has 0 bridgehead atoms. The molecule has 2 rings (SSSR count). The fourth-order valence-electron chi connectivity index (χ4n) is 2.78. The van der Waals surface area contributed by atoms with Gasteiger partial charge in [0.25, 0.3) is 0 Å². The molecule has 0 heterocycles. The van der Waals surface area contributed by atoms with Crippen LogP contribution in [0.2, 0.25) is 5.02 Å². The summed E-state index contributed by atoms with van der Waals surface area (Å²) >= 11 is 6.17. The van der Waals surface area contributed by atoms with Crippen LogP contribution in [0.15, 0.2) is 53.6 Å². The molecule has 2 aromatic rings. The number of ether oxygens (including phenoxy) is 1. The van der Waals surface area contributed by atoms with Crippen LogP contribution in [0.5, 0.6) is 5.75 Å². The monoisotopic (exact) mass is 443 g/mol. The first kappa shape index (κ1) is 24.4. The summed E-state index contributed by atoms with van der Waals surface area (Å²) < 4.78 is 5.87. The molecule has 0 atom stereocenters. The van der Waals surface area contributed by atoms with E-state index in [4.69, 9.17) is 16.3 Å². The van der Waals surface area contributed by atoms with Crippen molar-refractivity contribution in [2.45, 2.75) is 52.1 Å². The standard InChI is InChI=1S/C24H30ClN3O3/c1-2-3-16-26-23(29)14-8-9-15-24(30)28-27-17-19-10-5-7-13-22(19)31-18-20-11-4-6-12-21(20)25/h4-7,10-13,17H,2-3,8-9,14-16,18H2,1H3,(H,26,29)(H,28,30). The Kier molecular flexibility index (Phi) is 11.2. The first-order valence-corrected chi connectivity index (χ1v) is 11.0. The summed E-state index contributed by atoms with van der Waals surface area (Å²) in [4.78, 5) is 23.6. The molecular formula is C24H30ClN3O3. The number of halogens is 1. The van der Waals surface area contributed by atoms with E-state index in [2.05, 4.69) is 22.8 Å². The van der Waals surface area contributed by atoms with Gasteiger partial charge in [0.05, 0.1) is 6.21 Å². The van der Waals surface area contributed by atoms with E-state index in [-0.39, 0.29) is 11.8 Å². The first-order chi connectivity index (χ1) is 15.1. The number of nitrogens with zero attached hydrogens (tertiary/aromatic N) is 1. The minimum Gasteiger partial charge on any atom is -0.488 e. The maximum absolute atomic E-state index is 12.0. The van der Waals surface area contributed by atoms with Crippen LogP contribution in [0, 0.1) is 0 Å². The fourth-order valence-corrected chi connectivity index (χ4v) is 2.97. The molecule has 6 nitrogen and oxygen atoms in total. The van der Waals surface area contributed by atoms with Crippen LogP contribution < -0.4 is 15.5 Å². The van der Waals surface area contributed by atoms with Gasteiger partial charge in [-0.15, -0.1) is 0 Å². The second-order valence-corrected chi connectivity index (χ2v) is 7.53. The van der Waals surface area contributed by atoms with Crippen molar-refractivity contribution in [1.29, 1.82) is 0 Å². The largest absolute Gasteiger partial charge is 0.488 e. The van der Waals surface area contributed by atoms with E-state index in [1.54, 1.807) is 6.21 Å². The Morgan fingerprint density at radius 2 is 1.71 bits per heavy atom. The average molecular weight is 444 g/mol. The van der Waals surface area contributed by atoms with Crippen LogP contribution >= 0.6 is 11.6 Å². The smallest absolute Gasteiger partial charge is 0.240 e. The van der Waals surface area contributed by atoms with E-state index < -0.39 is 0 Å². The zero-order chi connectivity index (χ0) is 22.3. The lowest BCUT2D eigenvalue weighted by molar-refractivity contribution is -0.123. The highest BCUT2D eigenvalue weighted by Crippen LogP contribution is 2.20. The first-order valence-electron chi connectivity index (χ1n) is 10.6. The van der Waals surface area contributed by atoms with Gasteiger partial charge in [-0.3, -0.25) is 9.59 Å². The lowest BCUT2D eigenvalue weighted by atomic mass is 10.2. The van der Waals surface area contributed by atoms with Gasteiger partial charge in [-0.1, -0.05) is 55.3 Å². The quantitative estimate of drug-likeness (QED) is 0.264.